The van der Waals surface area contributed by atoms with Crippen molar-refractivity contribution in [3.8, 4) is 23.9 Å². The summed E-state index contributed by atoms with van der Waals surface area (Å²) in [5, 5.41) is 18.3. The highest BCUT2D eigenvalue weighted by Gasteiger charge is 2.22. The Morgan fingerprint density at radius 2 is 1.41 bits per heavy atom. The van der Waals surface area contributed by atoms with Gasteiger partial charge in [0.25, 0.3) is 0 Å². The number of ether oxygens (including phenoxy) is 2. The van der Waals surface area contributed by atoms with Gasteiger partial charge in [-0.05, 0) is 5.92 Å². The summed E-state index contributed by atoms with van der Waals surface area (Å²) in [5.41, 5.74) is 1.19. The summed E-state index contributed by atoms with van der Waals surface area (Å²) in [6.45, 7) is 3.80. The third-order valence-electron chi connectivity index (χ3n) is 2.36. The van der Waals surface area contributed by atoms with Crippen LogP contribution in [-0.4, -0.2) is 19.2 Å². The van der Waals surface area contributed by atoms with Gasteiger partial charge in [0.1, 0.15) is 23.3 Å². The largest absolute Gasteiger partial charge is 0.480 e. The van der Waals surface area contributed by atoms with Gasteiger partial charge in [-0.3, -0.25) is 0 Å². The van der Waals surface area contributed by atoms with Crippen molar-refractivity contribution in [2.24, 2.45) is 0 Å². The molecule has 0 atom stereocenters. The number of nitriles is 2. The van der Waals surface area contributed by atoms with E-state index in [0.29, 0.717) is 16.7 Å². The lowest BCUT2D eigenvalue weighted by molar-refractivity contribution is 0.361. The Morgan fingerprint density at radius 1 is 1.00 bits per heavy atom. The second kappa shape index (κ2) is 5.18. The van der Waals surface area contributed by atoms with E-state index in [2.05, 4.69) is 4.98 Å². The maximum Gasteiger partial charge on any atom is 0.235 e. The number of hydrogen-bond donors (Lipinski definition) is 0. The van der Waals surface area contributed by atoms with Crippen LogP contribution in [0.1, 0.15) is 36.5 Å². The second-order valence-electron chi connectivity index (χ2n) is 3.67. The molecule has 1 aromatic rings. The van der Waals surface area contributed by atoms with Gasteiger partial charge in [-0.1, -0.05) is 13.8 Å². The molecule has 0 aliphatic carbocycles. The Kier molecular flexibility index (Phi) is 3.90. The molecule has 0 fully saturated rings. The summed E-state index contributed by atoms with van der Waals surface area (Å²) in [5.74, 6) is 0.379. The number of methoxy groups -OCH3 is 2. The molecular formula is C12H13N3O2. The minimum atomic E-state index is 0.00472. The average Bonchev–Trinajstić information content (AvgIpc) is 2.35. The standard InChI is InChI=1S/C12H13N3O2/c1-7(2)10-8(5-13)11(16-3)15-12(17-4)9(10)6-14/h7H,1-4H3. The van der Waals surface area contributed by atoms with Crippen molar-refractivity contribution >= 4 is 0 Å². The van der Waals surface area contributed by atoms with E-state index in [1.807, 2.05) is 26.0 Å². The lowest BCUT2D eigenvalue weighted by Gasteiger charge is -2.15. The number of aromatic nitrogens is 1. The van der Waals surface area contributed by atoms with Crippen LogP contribution in [0.25, 0.3) is 0 Å². The van der Waals surface area contributed by atoms with Crippen LogP contribution in [0.5, 0.6) is 11.8 Å². The van der Waals surface area contributed by atoms with Crippen LogP contribution in [0.2, 0.25) is 0 Å². The minimum absolute atomic E-state index is 0.00472. The summed E-state index contributed by atoms with van der Waals surface area (Å²) in [7, 11) is 2.86. The molecule has 0 aliphatic rings. The summed E-state index contributed by atoms with van der Waals surface area (Å²) in [6.07, 6.45) is 0. The van der Waals surface area contributed by atoms with Crippen LogP contribution in [0.4, 0.5) is 0 Å². The number of hydrogen-bond acceptors (Lipinski definition) is 5. The van der Waals surface area contributed by atoms with Crippen molar-refractivity contribution in [2.45, 2.75) is 19.8 Å². The fraction of sp³-hybridized carbons (Fsp3) is 0.417. The van der Waals surface area contributed by atoms with E-state index in [1.165, 1.54) is 14.2 Å². The van der Waals surface area contributed by atoms with Crippen LogP contribution < -0.4 is 9.47 Å². The monoisotopic (exact) mass is 231 g/mol. The molecule has 5 nitrogen and oxygen atoms in total. The Labute approximate surface area is 100 Å². The molecule has 1 aromatic heterocycles. The van der Waals surface area contributed by atoms with Gasteiger partial charge in [-0.15, -0.1) is 0 Å². The predicted molar refractivity (Wildman–Crippen MR) is 60.9 cm³/mol. The highest BCUT2D eigenvalue weighted by Crippen LogP contribution is 2.33. The van der Waals surface area contributed by atoms with E-state index >= 15 is 0 Å². The molecule has 0 N–H and O–H groups in total. The Hall–Kier alpha value is -2.27. The summed E-state index contributed by atoms with van der Waals surface area (Å²) >= 11 is 0. The molecule has 1 heterocycles. The molecule has 0 spiro atoms. The topological polar surface area (TPSA) is 78.9 Å². The fourth-order valence-corrected chi connectivity index (χ4v) is 1.65. The van der Waals surface area contributed by atoms with Crippen LogP contribution in [-0.2, 0) is 0 Å². The maximum atomic E-state index is 9.14. The average molecular weight is 231 g/mol. The molecule has 17 heavy (non-hydrogen) atoms. The van der Waals surface area contributed by atoms with Gasteiger partial charge in [0.2, 0.25) is 11.8 Å². The third kappa shape index (κ3) is 2.14. The first-order chi connectivity index (χ1) is 8.10. The molecule has 0 bridgehead atoms. The zero-order valence-electron chi connectivity index (χ0n) is 10.2. The molecule has 0 aliphatic heterocycles. The van der Waals surface area contributed by atoms with Crippen LogP contribution in [0.3, 0.4) is 0 Å². The van der Waals surface area contributed by atoms with Crippen LogP contribution in [0.15, 0.2) is 0 Å². The molecule has 0 aromatic carbocycles. The maximum absolute atomic E-state index is 9.14. The molecule has 5 heteroatoms. The second-order valence-corrected chi connectivity index (χ2v) is 3.67. The quantitative estimate of drug-likeness (QED) is 0.794. The molecule has 1 rings (SSSR count). The van der Waals surface area contributed by atoms with Gasteiger partial charge in [0.05, 0.1) is 14.2 Å². The number of nitrogens with zero attached hydrogens (tertiary/aromatic N) is 3. The SMILES string of the molecule is COc1nc(OC)c(C#N)c(C(C)C)c1C#N. The van der Waals surface area contributed by atoms with Crippen LogP contribution in [0, 0.1) is 22.7 Å². The molecule has 88 valence electrons. The Balaban J connectivity index is 3.73. The molecule has 0 unspecified atom stereocenters. The first-order valence-corrected chi connectivity index (χ1v) is 5.06. The van der Waals surface area contributed by atoms with Gasteiger partial charge >= 0.3 is 0 Å². The molecule has 0 radical (unpaired) electrons. The Morgan fingerprint density at radius 3 is 1.65 bits per heavy atom. The minimum Gasteiger partial charge on any atom is -0.480 e. The molecule has 0 amide bonds. The highest BCUT2D eigenvalue weighted by molar-refractivity contribution is 5.58. The van der Waals surface area contributed by atoms with Gasteiger partial charge < -0.3 is 9.47 Å². The lowest BCUT2D eigenvalue weighted by atomic mass is 9.94. The first kappa shape index (κ1) is 12.8. The molecular weight excluding hydrogens is 218 g/mol. The van der Waals surface area contributed by atoms with Gasteiger partial charge in [-0.25, -0.2) is 0 Å². The number of pyridine rings is 1. The van der Waals surface area contributed by atoms with Gasteiger partial charge in [0, 0.05) is 5.56 Å². The van der Waals surface area contributed by atoms with E-state index in [1.54, 1.807) is 0 Å². The first-order valence-electron chi connectivity index (χ1n) is 5.06. The van der Waals surface area contributed by atoms with Crippen molar-refractivity contribution in [3.63, 3.8) is 0 Å². The lowest BCUT2D eigenvalue weighted by Crippen LogP contribution is -2.06. The smallest absolute Gasteiger partial charge is 0.235 e. The van der Waals surface area contributed by atoms with E-state index in [4.69, 9.17) is 20.0 Å². The Bertz CT molecular complexity index is 470. The van der Waals surface area contributed by atoms with Gasteiger partial charge in [-0.2, -0.15) is 15.5 Å². The summed E-state index contributed by atoms with van der Waals surface area (Å²) in [6, 6.07) is 4.06. The summed E-state index contributed by atoms with van der Waals surface area (Å²) in [4.78, 5) is 4.00. The third-order valence-corrected chi connectivity index (χ3v) is 2.36. The van der Waals surface area contributed by atoms with Crippen molar-refractivity contribution in [1.82, 2.24) is 4.98 Å². The van der Waals surface area contributed by atoms with Crippen molar-refractivity contribution in [2.75, 3.05) is 14.2 Å². The van der Waals surface area contributed by atoms with Crippen LogP contribution >= 0.6 is 0 Å². The highest BCUT2D eigenvalue weighted by atomic mass is 16.5. The molecule has 0 saturated heterocycles. The van der Waals surface area contributed by atoms with Crippen molar-refractivity contribution in [1.29, 1.82) is 10.5 Å². The normalized spacial score (nSPS) is 9.59. The zero-order chi connectivity index (χ0) is 13.0. The fourth-order valence-electron chi connectivity index (χ4n) is 1.65. The molecule has 0 saturated carbocycles. The van der Waals surface area contributed by atoms with E-state index in [-0.39, 0.29) is 17.7 Å². The van der Waals surface area contributed by atoms with Gasteiger partial charge in [0.15, 0.2) is 0 Å². The van der Waals surface area contributed by atoms with Crippen molar-refractivity contribution < 1.29 is 9.47 Å². The number of rotatable bonds is 3. The van der Waals surface area contributed by atoms with E-state index in [0.717, 1.165) is 0 Å². The summed E-state index contributed by atoms with van der Waals surface area (Å²) < 4.78 is 10.1. The van der Waals surface area contributed by atoms with Crippen molar-refractivity contribution in [3.05, 3.63) is 16.7 Å². The van der Waals surface area contributed by atoms with E-state index in [9.17, 15) is 0 Å². The van der Waals surface area contributed by atoms with E-state index < -0.39 is 0 Å². The zero-order valence-corrected chi connectivity index (χ0v) is 10.2. The predicted octanol–water partition coefficient (Wildman–Crippen LogP) is 1.97.